The van der Waals surface area contributed by atoms with Crippen LogP contribution in [-0.4, -0.2) is 4.98 Å². The van der Waals surface area contributed by atoms with Gasteiger partial charge in [-0.1, -0.05) is 26.0 Å². The number of aromatic nitrogens is 2. The molecule has 16 heavy (non-hydrogen) atoms. The third-order valence-corrected chi connectivity index (χ3v) is 2.87. The number of fused-ring (bicyclic) bond motifs is 1. The Morgan fingerprint density at radius 2 is 1.75 bits per heavy atom. The number of imidazole rings is 1. The zero-order valence-corrected chi connectivity index (χ0v) is 10.8. The Kier molecular flexibility index (Phi) is 2.53. The molecule has 0 spiro atoms. The number of nitrogens with one attached hydrogen (secondary N) is 1. The molecule has 1 aromatic heterocycles. The molecule has 0 amide bonds. The summed E-state index contributed by atoms with van der Waals surface area (Å²) in [5, 5.41) is 0. The number of nitrogens with zero attached hydrogens (tertiary/aromatic N) is 1. The third kappa shape index (κ3) is 1.73. The molecule has 0 saturated heterocycles. The molecule has 0 unspecified atom stereocenters. The fraction of sp³-hybridized carbons (Fsp3) is 0.500. The molecule has 0 aliphatic rings. The average Bonchev–Trinajstić information content (AvgIpc) is 2.55. The number of hydrogen-bond donors (Lipinski definition) is 1. The van der Waals surface area contributed by atoms with Crippen LogP contribution in [0.2, 0.25) is 0 Å². The van der Waals surface area contributed by atoms with Gasteiger partial charge in [0.05, 0.1) is 5.92 Å². The van der Waals surface area contributed by atoms with E-state index in [-0.39, 0.29) is 5.54 Å². The van der Waals surface area contributed by atoms with Gasteiger partial charge in [0.15, 0.2) is 11.0 Å². The van der Waals surface area contributed by atoms with Gasteiger partial charge in [-0.25, -0.2) is 9.55 Å². The molecule has 0 radical (unpaired) electrons. The molecule has 0 saturated carbocycles. The topological polar surface area (TPSA) is 19.7 Å². The molecule has 0 aliphatic heterocycles. The molecule has 2 nitrogen and oxygen atoms in total. The first-order valence-corrected chi connectivity index (χ1v) is 5.94. The summed E-state index contributed by atoms with van der Waals surface area (Å²) in [6.45, 7) is 11.2. The van der Waals surface area contributed by atoms with Crippen LogP contribution in [0, 0.1) is 0 Å². The van der Waals surface area contributed by atoms with Crippen molar-refractivity contribution in [2.75, 3.05) is 0 Å². The van der Waals surface area contributed by atoms with Crippen molar-refractivity contribution in [2.45, 2.75) is 46.1 Å². The van der Waals surface area contributed by atoms with Crippen LogP contribution in [0.1, 0.15) is 46.4 Å². The van der Waals surface area contributed by atoms with Gasteiger partial charge < -0.3 is 0 Å². The average molecular weight is 217 g/mol. The second-order valence-corrected chi connectivity index (χ2v) is 5.69. The van der Waals surface area contributed by atoms with Crippen molar-refractivity contribution in [2.24, 2.45) is 0 Å². The van der Waals surface area contributed by atoms with Crippen molar-refractivity contribution in [3.63, 3.8) is 0 Å². The largest absolute Gasteiger partial charge is 0.258 e. The number of rotatable bonds is 1. The van der Waals surface area contributed by atoms with Gasteiger partial charge in [0.1, 0.15) is 5.54 Å². The van der Waals surface area contributed by atoms with E-state index in [9.17, 15) is 0 Å². The van der Waals surface area contributed by atoms with Gasteiger partial charge in [0.25, 0.3) is 5.82 Å². The lowest BCUT2D eigenvalue weighted by Crippen LogP contribution is -2.52. The Labute approximate surface area is 97.3 Å². The minimum Gasteiger partial charge on any atom is -0.241 e. The highest BCUT2D eigenvalue weighted by Crippen LogP contribution is 2.19. The van der Waals surface area contributed by atoms with Gasteiger partial charge in [-0.3, -0.25) is 0 Å². The van der Waals surface area contributed by atoms with Crippen LogP contribution in [0.3, 0.4) is 0 Å². The molecule has 0 bridgehead atoms. The van der Waals surface area contributed by atoms with Crippen molar-refractivity contribution in [3.8, 4) is 0 Å². The Morgan fingerprint density at radius 1 is 1.12 bits per heavy atom. The summed E-state index contributed by atoms with van der Waals surface area (Å²) in [6, 6.07) is 8.50. The molecule has 0 fully saturated rings. The Balaban J connectivity index is 2.80. The van der Waals surface area contributed by atoms with Crippen LogP contribution < -0.4 is 4.57 Å². The summed E-state index contributed by atoms with van der Waals surface area (Å²) in [7, 11) is 0. The number of para-hydroxylation sites is 2. The molecule has 86 valence electrons. The summed E-state index contributed by atoms with van der Waals surface area (Å²) in [5.74, 6) is 1.81. The maximum atomic E-state index is 3.53. The van der Waals surface area contributed by atoms with Crippen molar-refractivity contribution >= 4 is 11.0 Å². The molecule has 2 aromatic rings. The molecule has 1 aromatic carbocycles. The van der Waals surface area contributed by atoms with Gasteiger partial charge in [0.2, 0.25) is 0 Å². The summed E-state index contributed by atoms with van der Waals surface area (Å²) in [5.41, 5.74) is 2.62. The van der Waals surface area contributed by atoms with E-state index in [1.165, 1.54) is 16.9 Å². The maximum absolute atomic E-state index is 3.53. The summed E-state index contributed by atoms with van der Waals surface area (Å²) >= 11 is 0. The van der Waals surface area contributed by atoms with E-state index >= 15 is 0 Å². The fourth-order valence-corrected chi connectivity index (χ4v) is 2.22. The highest BCUT2D eigenvalue weighted by molar-refractivity contribution is 5.71. The predicted molar refractivity (Wildman–Crippen MR) is 67.6 cm³/mol. The highest BCUT2D eigenvalue weighted by Gasteiger charge is 2.29. The Bertz CT molecular complexity index is 501. The van der Waals surface area contributed by atoms with Crippen molar-refractivity contribution in [3.05, 3.63) is 30.1 Å². The van der Waals surface area contributed by atoms with Gasteiger partial charge in [-0.05, 0) is 32.9 Å². The van der Waals surface area contributed by atoms with Crippen molar-refractivity contribution in [1.29, 1.82) is 0 Å². The van der Waals surface area contributed by atoms with Gasteiger partial charge in [0, 0.05) is 0 Å². The first kappa shape index (κ1) is 11.2. The minimum absolute atomic E-state index is 0.110. The molecule has 1 heterocycles. The van der Waals surface area contributed by atoms with E-state index in [4.69, 9.17) is 0 Å². The molecule has 2 heteroatoms. The van der Waals surface area contributed by atoms with Crippen LogP contribution >= 0.6 is 0 Å². The van der Waals surface area contributed by atoms with E-state index in [1.54, 1.807) is 0 Å². The molecule has 1 N–H and O–H groups in total. The smallest absolute Gasteiger partial charge is 0.241 e. The van der Waals surface area contributed by atoms with Gasteiger partial charge in [-0.2, -0.15) is 0 Å². The Hall–Kier alpha value is -1.31. The summed E-state index contributed by atoms with van der Waals surface area (Å²) in [6.07, 6.45) is 0. The maximum Gasteiger partial charge on any atom is 0.258 e. The van der Waals surface area contributed by atoms with Crippen molar-refractivity contribution < 1.29 is 4.57 Å². The van der Waals surface area contributed by atoms with E-state index in [2.05, 4.69) is 68.4 Å². The normalized spacial score (nSPS) is 12.6. The lowest BCUT2D eigenvalue weighted by molar-refractivity contribution is -0.738. The lowest BCUT2D eigenvalue weighted by Gasteiger charge is -2.18. The SMILES string of the molecule is CC(C)c1[nH]c2ccccc2[n+]1C(C)(C)C. The Morgan fingerprint density at radius 3 is 2.31 bits per heavy atom. The monoisotopic (exact) mass is 217 g/mol. The third-order valence-electron chi connectivity index (χ3n) is 2.87. The summed E-state index contributed by atoms with van der Waals surface area (Å²) < 4.78 is 2.41. The van der Waals surface area contributed by atoms with Gasteiger partial charge in [-0.15, -0.1) is 0 Å². The fourth-order valence-electron chi connectivity index (χ4n) is 2.22. The predicted octanol–water partition coefficient (Wildman–Crippen LogP) is 3.33. The second-order valence-electron chi connectivity index (χ2n) is 5.69. The number of hydrogen-bond acceptors (Lipinski definition) is 0. The molecule has 2 rings (SSSR count). The lowest BCUT2D eigenvalue weighted by atomic mass is 10.1. The second kappa shape index (κ2) is 3.62. The first-order valence-electron chi connectivity index (χ1n) is 5.94. The molecule has 0 aliphatic carbocycles. The van der Waals surface area contributed by atoms with Gasteiger partial charge >= 0.3 is 0 Å². The van der Waals surface area contributed by atoms with E-state index in [0.717, 1.165) is 0 Å². The molecular weight excluding hydrogens is 196 g/mol. The van der Waals surface area contributed by atoms with Crippen LogP contribution in [0.4, 0.5) is 0 Å². The summed E-state index contributed by atoms with van der Waals surface area (Å²) in [4.78, 5) is 3.53. The van der Waals surface area contributed by atoms with E-state index in [1.807, 2.05) is 0 Å². The first-order chi connectivity index (χ1) is 7.41. The molecular formula is C14H21N2+. The standard InChI is InChI=1S/C14H20N2/c1-10(2)13-15-11-8-6-7-9-12(11)16(13)14(3,4)5/h6-10H,1-5H3/p+1. The van der Waals surface area contributed by atoms with E-state index < -0.39 is 0 Å². The molecule has 0 atom stereocenters. The highest BCUT2D eigenvalue weighted by atomic mass is 15.1. The number of benzene rings is 1. The zero-order chi connectivity index (χ0) is 11.9. The van der Waals surface area contributed by atoms with Crippen LogP contribution in [-0.2, 0) is 5.54 Å². The quantitative estimate of drug-likeness (QED) is 0.707. The van der Waals surface area contributed by atoms with Crippen LogP contribution in [0.5, 0.6) is 0 Å². The number of aromatic amines is 1. The van der Waals surface area contributed by atoms with Crippen molar-refractivity contribution in [1.82, 2.24) is 4.98 Å². The van der Waals surface area contributed by atoms with Crippen LogP contribution in [0.25, 0.3) is 11.0 Å². The zero-order valence-electron chi connectivity index (χ0n) is 10.8. The number of H-pyrrole nitrogens is 1. The minimum atomic E-state index is 0.110. The van der Waals surface area contributed by atoms with E-state index in [0.29, 0.717) is 5.92 Å². The van der Waals surface area contributed by atoms with Crippen LogP contribution in [0.15, 0.2) is 24.3 Å².